The van der Waals surface area contributed by atoms with Crippen molar-refractivity contribution in [3.05, 3.63) is 0 Å². The SMILES string of the molecule is CCOC(C)(C)CNC(=O)C1CCCCCN1. The van der Waals surface area contributed by atoms with E-state index in [0.29, 0.717) is 13.2 Å². The van der Waals surface area contributed by atoms with Gasteiger partial charge in [-0.05, 0) is 40.2 Å². The van der Waals surface area contributed by atoms with Crippen molar-refractivity contribution in [1.82, 2.24) is 10.6 Å². The van der Waals surface area contributed by atoms with Crippen LogP contribution in [0.5, 0.6) is 0 Å². The molecule has 1 rings (SSSR count). The predicted molar refractivity (Wildman–Crippen MR) is 69.0 cm³/mol. The predicted octanol–water partition coefficient (Wildman–Crippen LogP) is 1.45. The summed E-state index contributed by atoms with van der Waals surface area (Å²) in [5.41, 5.74) is -0.283. The van der Waals surface area contributed by atoms with Crippen molar-refractivity contribution in [3.63, 3.8) is 0 Å². The lowest BCUT2D eigenvalue weighted by atomic mass is 10.1. The quantitative estimate of drug-likeness (QED) is 0.767. The minimum atomic E-state index is -0.283. The van der Waals surface area contributed by atoms with E-state index in [-0.39, 0.29) is 17.6 Å². The number of hydrogen-bond donors (Lipinski definition) is 2. The molecule has 2 N–H and O–H groups in total. The molecule has 1 saturated heterocycles. The smallest absolute Gasteiger partial charge is 0.237 e. The van der Waals surface area contributed by atoms with E-state index in [4.69, 9.17) is 4.74 Å². The molecule has 0 aromatic carbocycles. The maximum atomic E-state index is 12.0. The summed E-state index contributed by atoms with van der Waals surface area (Å²) < 4.78 is 5.56. The molecule has 0 bridgehead atoms. The first-order valence-electron chi connectivity index (χ1n) is 6.70. The van der Waals surface area contributed by atoms with Crippen molar-refractivity contribution in [1.29, 1.82) is 0 Å². The number of carbonyl (C=O) groups is 1. The lowest BCUT2D eigenvalue weighted by Gasteiger charge is -2.26. The van der Waals surface area contributed by atoms with E-state index in [2.05, 4.69) is 10.6 Å². The van der Waals surface area contributed by atoms with Gasteiger partial charge in [0.15, 0.2) is 0 Å². The molecule has 100 valence electrons. The van der Waals surface area contributed by atoms with Crippen LogP contribution in [0.15, 0.2) is 0 Å². The van der Waals surface area contributed by atoms with Crippen molar-refractivity contribution < 1.29 is 9.53 Å². The molecule has 0 aliphatic carbocycles. The van der Waals surface area contributed by atoms with Gasteiger partial charge in [-0.15, -0.1) is 0 Å². The number of carbonyl (C=O) groups excluding carboxylic acids is 1. The summed E-state index contributed by atoms with van der Waals surface area (Å²) in [5.74, 6) is 0.111. The summed E-state index contributed by atoms with van der Waals surface area (Å²) >= 11 is 0. The lowest BCUT2D eigenvalue weighted by Crippen LogP contribution is -2.48. The van der Waals surface area contributed by atoms with E-state index in [0.717, 1.165) is 19.4 Å². The summed E-state index contributed by atoms with van der Waals surface area (Å²) in [6.45, 7) is 8.15. The largest absolute Gasteiger partial charge is 0.374 e. The van der Waals surface area contributed by atoms with Crippen molar-refractivity contribution in [2.75, 3.05) is 19.7 Å². The Bertz CT molecular complexity index is 234. The minimum absolute atomic E-state index is 0.0186. The normalized spacial score (nSPS) is 21.9. The van der Waals surface area contributed by atoms with Gasteiger partial charge in [-0.2, -0.15) is 0 Å². The zero-order valence-corrected chi connectivity index (χ0v) is 11.3. The van der Waals surface area contributed by atoms with E-state index >= 15 is 0 Å². The molecule has 4 nitrogen and oxygen atoms in total. The van der Waals surface area contributed by atoms with E-state index < -0.39 is 0 Å². The van der Waals surface area contributed by atoms with E-state index in [9.17, 15) is 4.79 Å². The number of ether oxygens (including phenoxy) is 1. The first-order chi connectivity index (χ1) is 8.05. The second kappa shape index (κ2) is 6.97. The van der Waals surface area contributed by atoms with E-state index in [1.807, 2.05) is 20.8 Å². The zero-order chi connectivity index (χ0) is 12.7. The van der Waals surface area contributed by atoms with Gasteiger partial charge in [0.1, 0.15) is 0 Å². The number of nitrogens with one attached hydrogen (secondary N) is 2. The van der Waals surface area contributed by atoms with E-state index in [1.165, 1.54) is 12.8 Å². The molecule has 1 aliphatic rings. The number of rotatable bonds is 5. The fraction of sp³-hybridized carbons (Fsp3) is 0.923. The van der Waals surface area contributed by atoms with Gasteiger partial charge in [0, 0.05) is 13.2 Å². The average Bonchev–Trinajstić information content (AvgIpc) is 2.54. The Balaban J connectivity index is 2.32. The molecule has 0 radical (unpaired) electrons. The second-order valence-corrected chi connectivity index (χ2v) is 5.27. The Morgan fingerprint density at radius 2 is 2.18 bits per heavy atom. The Morgan fingerprint density at radius 1 is 1.41 bits per heavy atom. The van der Waals surface area contributed by atoms with Crippen LogP contribution in [0.4, 0.5) is 0 Å². The molecular weight excluding hydrogens is 216 g/mol. The Hall–Kier alpha value is -0.610. The van der Waals surface area contributed by atoms with Crippen molar-refractivity contribution in [3.8, 4) is 0 Å². The molecule has 1 aliphatic heterocycles. The third kappa shape index (κ3) is 5.50. The molecule has 1 amide bonds. The first kappa shape index (κ1) is 14.5. The summed E-state index contributed by atoms with van der Waals surface area (Å²) in [7, 11) is 0. The van der Waals surface area contributed by atoms with Crippen LogP contribution < -0.4 is 10.6 Å². The highest BCUT2D eigenvalue weighted by atomic mass is 16.5. The lowest BCUT2D eigenvalue weighted by molar-refractivity contribution is -0.124. The fourth-order valence-electron chi connectivity index (χ4n) is 2.12. The molecule has 1 atom stereocenters. The topological polar surface area (TPSA) is 50.4 Å². The second-order valence-electron chi connectivity index (χ2n) is 5.27. The van der Waals surface area contributed by atoms with Gasteiger partial charge in [-0.25, -0.2) is 0 Å². The van der Waals surface area contributed by atoms with Gasteiger partial charge in [-0.1, -0.05) is 12.8 Å². The maximum Gasteiger partial charge on any atom is 0.237 e. The van der Waals surface area contributed by atoms with Crippen LogP contribution in [-0.4, -0.2) is 37.2 Å². The van der Waals surface area contributed by atoms with Crippen molar-refractivity contribution in [2.24, 2.45) is 0 Å². The monoisotopic (exact) mass is 242 g/mol. The van der Waals surface area contributed by atoms with Crippen LogP contribution in [0, 0.1) is 0 Å². The first-order valence-corrected chi connectivity index (χ1v) is 6.70. The summed E-state index contributed by atoms with van der Waals surface area (Å²) in [5, 5.41) is 6.28. The molecular formula is C13H26N2O2. The highest BCUT2D eigenvalue weighted by Gasteiger charge is 2.23. The molecule has 1 unspecified atom stereocenters. The summed E-state index contributed by atoms with van der Waals surface area (Å²) in [6.07, 6.45) is 4.48. The number of hydrogen-bond acceptors (Lipinski definition) is 3. The average molecular weight is 242 g/mol. The molecule has 0 saturated carbocycles. The van der Waals surface area contributed by atoms with Gasteiger partial charge in [0.05, 0.1) is 11.6 Å². The van der Waals surface area contributed by atoms with Crippen LogP contribution in [0.2, 0.25) is 0 Å². The van der Waals surface area contributed by atoms with Crippen molar-refractivity contribution in [2.45, 2.75) is 58.1 Å². The van der Waals surface area contributed by atoms with Gasteiger partial charge in [0.25, 0.3) is 0 Å². The highest BCUT2D eigenvalue weighted by molar-refractivity contribution is 5.81. The summed E-state index contributed by atoms with van der Waals surface area (Å²) in [4.78, 5) is 12.0. The van der Waals surface area contributed by atoms with Gasteiger partial charge >= 0.3 is 0 Å². The van der Waals surface area contributed by atoms with Crippen LogP contribution in [-0.2, 0) is 9.53 Å². The molecule has 0 spiro atoms. The van der Waals surface area contributed by atoms with Crippen LogP contribution in [0.3, 0.4) is 0 Å². The van der Waals surface area contributed by atoms with Gasteiger partial charge in [-0.3, -0.25) is 4.79 Å². The Labute approximate surface area is 104 Å². The minimum Gasteiger partial charge on any atom is -0.374 e. The van der Waals surface area contributed by atoms with E-state index in [1.54, 1.807) is 0 Å². The van der Waals surface area contributed by atoms with Gasteiger partial charge < -0.3 is 15.4 Å². The molecule has 17 heavy (non-hydrogen) atoms. The molecule has 0 aromatic heterocycles. The fourth-order valence-corrected chi connectivity index (χ4v) is 2.12. The van der Waals surface area contributed by atoms with Crippen LogP contribution >= 0.6 is 0 Å². The van der Waals surface area contributed by atoms with Crippen LogP contribution in [0.1, 0.15) is 46.5 Å². The maximum absolute atomic E-state index is 12.0. The van der Waals surface area contributed by atoms with Crippen molar-refractivity contribution >= 4 is 5.91 Å². The molecule has 1 fully saturated rings. The Morgan fingerprint density at radius 3 is 2.88 bits per heavy atom. The molecule has 0 aromatic rings. The molecule has 1 heterocycles. The molecule has 4 heteroatoms. The third-order valence-electron chi connectivity index (χ3n) is 3.10. The standard InChI is InChI=1S/C13H26N2O2/c1-4-17-13(2,3)10-15-12(16)11-8-6-5-7-9-14-11/h11,14H,4-10H2,1-3H3,(H,15,16). The Kier molecular flexibility index (Phi) is 5.92. The third-order valence-corrected chi connectivity index (χ3v) is 3.10. The van der Waals surface area contributed by atoms with Crippen LogP contribution in [0.25, 0.3) is 0 Å². The summed E-state index contributed by atoms with van der Waals surface area (Å²) in [6, 6.07) is -0.0186. The van der Waals surface area contributed by atoms with Gasteiger partial charge in [0.2, 0.25) is 5.91 Å². The highest BCUT2D eigenvalue weighted by Crippen LogP contribution is 2.10. The zero-order valence-electron chi connectivity index (χ0n) is 11.3. The number of amides is 1.